The molecule has 2 aromatic carbocycles. The third-order valence-corrected chi connectivity index (χ3v) is 6.21. The largest absolute Gasteiger partial charge is 0.438 e. The molecule has 2 aromatic heterocycles. The van der Waals surface area contributed by atoms with Gasteiger partial charge in [0.05, 0.1) is 0 Å². The highest BCUT2D eigenvalue weighted by Crippen LogP contribution is 2.33. The first-order valence-corrected chi connectivity index (χ1v) is 13.7. The van der Waals surface area contributed by atoms with Crippen LogP contribution in [0.25, 0.3) is 28.3 Å². The highest BCUT2D eigenvalue weighted by Gasteiger charge is 2.25. The molecule has 4 aromatic rings. The van der Waals surface area contributed by atoms with Crippen molar-refractivity contribution in [2.75, 3.05) is 30.8 Å². The number of benzene rings is 2. The summed E-state index contributed by atoms with van der Waals surface area (Å²) in [5, 5.41) is 10.5. The van der Waals surface area contributed by atoms with Crippen molar-refractivity contribution in [2.24, 2.45) is 11.8 Å². The van der Waals surface area contributed by atoms with E-state index in [0.29, 0.717) is 42.0 Å². The third-order valence-electron chi connectivity index (χ3n) is 6.21. The molecule has 0 unspecified atom stereocenters. The number of nitrogens with one attached hydrogen (secondary N) is 3. The first-order valence-electron chi connectivity index (χ1n) is 13.7. The van der Waals surface area contributed by atoms with E-state index >= 15 is 0 Å². The summed E-state index contributed by atoms with van der Waals surface area (Å²) in [7, 11) is 1.93. The summed E-state index contributed by atoms with van der Waals surface area (Å²) >= 11 is 0. The van der Waals surface area contributed by atoms with Crippen molar-refractivity contribution in [1.29, 1.82) is 0 Å². The lowest BCUT2D eigenvalue weighted by Gasteiger charge is -2.22. The van der Waals surface area contributed by atoms with E-state index in [2.05, 4.69) is 48.7 Å². The Kier molecular flexibility index (Phi) is 8.26. The number of aromatic nitrogens is 4. The highest BCUT2D eigenvalue weighted by atomic mass is 16.4. The third kappa shape index (κ3) is 6.58. The maximum Gasteiger partial charge on any atom is 0.228 e. The number of oxazole rings is 1. The summed E-state index contributed by atoms with van der Waals surface area (Å²) < 4.78 is 6.36. The summed E-state index contributed by atoms with van der Waals surface area (Å²) in [6.07, 6.45) is 1.96. The second kappa shape index (κ2) is 12.2. The Morgan fingerprint density at radius 3 is 1.93 bits per heavy atom. The van der Waals surface area contributed by atoms with Crippen molar-refractivity contribution < 1.29 is 4.42 Å². The van der Waals surface area contributed by atoms with Crippen LogP contribution in [0.5, 0.6) is 0 Å². The van der Waals surface area contributed by atoms with Gasteiger partial charge in [0.2, 0.25) is 17.8 Å². The fourth-order valence-electron chi connectivity index (χ4n) is 4.16. The van der Waals surface area contributed by atoms with Gasteiger partial charge in [-0.2, -0.15) is 15.0 Å². The smallest absolute Gasteiger partial charge is 0.228 e. The molecule has 208 valence electrons. The van der Waals surface area contributed by atoms with Crippen LogP contribution in [0.3, 0.4) is 0 Å². The molecule has 0 atom stereocenters. The van der Waals surface area contributed by atoms with Crippen molar-refractivity contribution >= 4 is 17.6 Å². The first-order chi connectivity index (χ1) is 19.4. The fourth-order valence-corrected chi connectivity index (χ4v) is 4.16. The molecule has 3 heterocycles. The van der Waals surface area contributed by atoms with E-state index in [9.17, 15) is 0 Å². The van der Waals surface area contributed by atoms with Crippen molar-refractivity contribution in [3.05, 3.63) is 78.6 Å². The van der Waals surface area contributed by atoms with E-state index in [4.69, 9.17) is 19.4 Å². The maximum absolute atomic E-state index is 6.36. The molecule has 10 nitrogen and oxygen atoms in total. The molecular formula is C30H37N9O. The molecule has 0 saturated heterocycles. The first kappa shape index (κ1) is 27.1. The number of hydrogen-bond donors (Lipinski definition) is 3. The molecule has 3 N–H and O–H groups in total. The van der Waals surface area contributed by atoms with Crippen LogP contribution in [-0.2, 0) is 6.54 Å². The number of hydrazine groups is 2. The zero-order valence-corrected chi connectivity index (χ0v) is 23.7. The van der Waals surface area contributed by atoms with Gasteiger partial charge < -0.3 is 15.1 Å². The Bertz CT molecular complexity index is 1350. The van der Waals surface area contributed by atoms with E-state index in [1.54, 1.807) is 0 Å². The van der Waals surface area contributed by atoms with E-state index in [1.807, 2.05) is 84.0 Å². The molecule has 5 rings (SSSR count). The van der Waals surface area contributed by atoms with Gasteiger partial charge in [-0.1, -0.05) is 88.4 Å². The second-order valence-electron chi connectivity index (χ2n) is 10.6. The van der Waals surface area contributed by atoms with Gasteiger partial charge in [-0.3, -0.25) is 10.4 Å². The zero-order valence-electron chi connectivity index (χ0n) is 23.7. The predicted molar refractivity (Wildman–Crippen MR) is 158 cm³/mol. The monoisotopic (exact) mass is 539 g/mol. The van der Waals surface area contributed by atoms with Crippen LogP contribution in [0.2, 0.25) is 0 Å². The summed E-state index contributed by atoms with van der Waals surface area (Å²) in [5.74, 6) is 3.89. The van der Waals surface area contributed by atoms with Crippen LogP contribution < -0.4 is 16.1 Å². The molecule has 0 aliphatic carbocycles. The van der Waals surface area contributed by atoms with Crippen molar-refractivity contribution in [3.63, 3.8) is 0 Å². The lowest BCUT2D eigenvalue weighted by Crippen LogP contribution is -2.38. The molecule has 0 radical (unpaired) electrons. The topological polar surface area (TPSA) is 107 Å². The number of rotatable bonds is 11. The Morgan fingerprint density at radius 2 is 1.35 bits per heavy atom. The zero-order chi connectivity index (χ0) is 28.1. The molecule has 0 spiro atoms. The van der Waals surface area contributed by atoms with Crippen LogP contribution in [0.1, 0.15) is 39.4 Å². The van der Waals surface area contributed by atoms with Crippen molar-refractivity contribution in [3.8, 4) is 22.6 Å². The van der Waals surface area contributed by atoms with Gasteiger partial charge in [0.1, 0.15) is 17.9 Å². The summed E-state index contributed by atoms with van der Waals surface area (Å²) in [6.45, 7) is 10.5. The molecule has 1 aliphatic rings. The molecule has 0 fully saturated rings. The lowest BCUT2D eigenvalue weighted by atomic mass is 10.1. The van der Waals surface area contributed by atoms with E-state index < -0.39 is 0 Å². The van der Waals surface area contributed by atoms with Gasteiger partial charge in [-0.15, -0.1) is 5.12 Å². The van der Waals surface area contributed by atoms with Gasteiger partial charge in [0.15, 0.2) is 11.6 Å². The van der Waals surface area contributed by atoms with Gasteiger partial charge >= 0.3 is 0 Å². The van der Waals surface area contributed by atoms with Crippen molar-refractivity contribution in [2.45, 2.75) is 34.2 Å². The van der Waals surface area contributed by atoms with Gasteiger partial charge in [0, 0.05) is 37.5 Å². The predicted octanol–water partition coefficient (Wildman–Crippen LogP) is 5.50. The quantitative estimate of drug-likeness (QED) is 0.226. The Labute approximate surface area is 235 Å². The maximum atomic E-state index is 6.36. The second-order valence-corrected chi connectivity index (χ2v) is 10.6. The normalized spacial score (nSPS) is 13.6. The average molecular weight is 540 g/mol. The molecule has 1 aliphatic heterocycles. The van der Waals surface area contributed by atoms with Crippen LogP contribution in [0, 0.1) is 11.8 Å². The minimum Gasteiger partial charge on any atom is -0.438 e. The number of anilines is 2. The van der Waals surface area contributed by atoms with E-state index in [1.165, 1.54) is 0 Å². The SMILES string of the molecule is CC(C)CNc1nc(NCC(C)C)nc(C2=CN(Cc3nc(-c4ccccc4)c(-c4ccccc4)o3)N(C)N2)n1. The summed E-state index contributed by atoms with van der Waals surface area (Å²) in [5.41, 5.74) is 6.92. The van der Waals surface area contributed by atoms with Crippen LogP contribution in [-0.4, -0.2) is 50.2 Å². The minimum atomic E-state index is 0.418. The molecule has 0 bridgehead atoms. The summed E-state index contributed by atoms with van der Waals surface area (Å²) in [6, 6.07) is 20.2. The van der Waals surface area contributed by atoms with Gasteiger partial charge in [0.25, 0.3) is 0 Å². The molecule has 0 amide bonds. The standard InChI is InChI=1S/C30H37N9O/c1-20(2)16-31-29-34-28(35-30(36-29)32-17-21(3)4)24-18-39(38(5)37-24)19-25-33-26(22-12-8-6-9-13-22)27(40-25)23-14-10-7-11-15-23/h6-15,18,20-21,37H,16-17,19H2,1-5H3,(H2,31,32,34,35,36). The number of nitrogens with zero attached hydrogens (tertiary/aromatic N) is 6. The summed E-state index contributed by atoms with van der Waals surface area (Å²) in [4.78, 5) is 18.9. The molecule has 10 heteroatoms. The van der Waals surface area contributed by atoms with Crippen LogP contribution in [0.4, 0.5) is 11.9 Å². The molecule has 40 heavy (non-hydrogen) atoms. The van der Waals surface area contributed by atoms with Gasteiger partial charge in [-0.25, -0.2) is 4.98 Å². The molecular weight excluding hydrogens is 502 g/mol. The molecule has 0 saturated carbocycles. The highest BCUT2D eigenvalue weighted by molar-refractivity contribution is 5.76. The Morgan fingerprint density at radius 1 is 0.775 bits per heavy atom. The Hall–Kier alpha value is -4.44. The van der Waals surface area contributed by atoms with E-state index in [-0.39, 0.29) is 0 Å². The average Bonchev–Trinajstić information content (AvgIpc) is 3.55. The number of hydrogen-bond acceptors (Lipinski definition) is 10. The fraction of sp³-hybridized carbons (Fsp3) is 0.333. The van der Waals surface area contributed by atoms with Crippen LogP contribution >= 0.6 is 0 Å². The van der Waals surface area contributed by atoms with Gasteiger partial charge in [-0.05, 0) is 11.8 Å². The minimum absolute atomic E-state index is 0.418. The van der Waals surface area contributed by atoms with Crippen molar-refractivity contribution in [1.82, 2.24) is 35.5 Å². The van der Waals surface area contributed by atoms with E-state index in [0.717, 1.165) is 41.4 Å². The van der Waals surface area contributed by atoms with Crippen LogP contribution in [0.15, 0.2) is 71.3 Å². The lowest BCUT2D eigenvalue weighted by molar-refractivity contribution is 0.0249. The Balaban J connectivity index is 1.42.